The Morgan fingerprint density at radius 3 is 2.15 bits per heavy atom. The number of ether oxygens (including phenoxy) is 2. The summed E-state index contributed by atoms with van der Waals surface area (Å²) in [5.74, 6) is 0.608. The smallest absolute Gasteiger partial charge is 0.408 e. The Morgan fingerprint density at radius 2 is 1.64 bits per heavy atom. The quantitative estimate of drug-likeness (QED) is 0.358. The lowest BCUT2D eigenvalue weighted by Crippen LogP contribution is -2.54. The van der Waals surface area contributed by atoms with Crippen molar-refractivity contribution >= 4 is 35.4 Å². The van der Waals surface area contributed by atoms with Crippen LogP contribution in [-0.2, 0) is 14.3 Å². The van der Waals surface area contributed by atoms with Gasteiger partial charge in [-0.3, -0.25) is 9.59 Å². The van der Waals surface area contributed by atoms with Crippen molar-refractivity contribution in [2.24, 2.45) is 0 Å². The molecule has 0 aliphatic rings. The van der Waals surface area contributed by atoms with Crippen molar-refractivity contribution in [2.45, 2.75) is 78.6 Å². The minimum absolute atomic E-state index is 0.344. The highest BCUT2D eigenvalue weighted by Crippen LogP contribution is 2.29. The van der Waals surface area contributed by atoms with Gasteiger partial charge in [0, 0.05) is 11.7 Å². The zero-order chi connectivity index (χ0) is 29.3. The van der Waals surface area contributed by atoms with E-state index < -0.39 is 23.8 Å². The molecule has 2 N–H and O–H groups in total. The third-order valence-corrected chi connectivity index (χ3v) is 6.79. The standard InChI is InChI=1S/C30H43N3O5S/c1-19(2)33(28(35)25(16-17-39-9)32-29(36)38-30(5,6)7)26(22-11-10-20(3)21(4)18-22)27(34)31-23-12-14-24(37-8)15-13-23/h10-15,18-19,25-26H,16-17H2,1-9H3,(H,31,34)(H,32,36). The predicted molar refractivity (Wildman–Crippen MR) is 158 cm³/mol. The lowest BCUT2D eigenvalue weighted by atomic mass is 9.97. The molecule has 2 unspecified atom stereocenters. The Bertz CT molecular complexity index is 1130. The van der Waals surface area contributed by atoms with Crippen LogP contribution in [0.25, 0.3) is 0 Å². The SMILES string of the molecule is COc1ccc(NC(=O)C(c2ccc(C)c(C)c2)N(C(=O)C(CCSC)NC(=O)OC(C)(C)C)C(C)C)cc1. The first-order valence-corrected chi connectivity index (χ1v) is 14.5. The molecule has 0 spiro atoms. The van der Waals surface area contributed by atoms with Crippen LogP contribution in [0, 0.1) is 13.8 Å². The highest BCUT2D eigenvalue weighted by atomic mass is 32.2. The zero-order valence-electron chi connectivity index (χ0n) is 24.6. The van der Waals surface area contributed by atoms with Crippen LogP contribution in [0.4, 0.5) is 10.5 Å². The van der Waals surface area contributed by atoms with Crippen LogP contribution in [0.15, 0.2) is 42.5 Å². The summed E-state index contributed by atoms with van der Waals surface area (Å²) in [6.45, 7) is 13.0. The monoisotopic (exact) mass is 557 g/mol. The minimum Gasteiger partial charge on any atom is -0.497 e. The highest BCUT2D eigenvalue weighted by molar-refractivity contribution is 7.98. The van der Waals surface area contributed by atoms with E-state index in [1.807, 2.05) is 52.1 Å². The third-order valence-electron chi connectivity index (χ3n) is 6.14. The third kappa shape index (κ3) is 9.49. The fourth-order valence-electron chi connectivity index (χ4n) is 4.06. The molecule has 0 aliphatic heterocycles. The normalized spacial score (nSPS) is 12.9. The van der Waals surface area contributed by atoms with Gasteiger partial charge in [0.25, 0.3) is 5.91 Å². The maximum absolute atomic E-state index is 14.1. The van der Waals surface area contributed by atoms with Crippen molar-refractivity contribution in [2.75, 3.05) is 24.4 Å². The molecule has 0 aromatic heterocycles. The Morgan fingerprint density at radius 1 is 1.00 bits per heavy atom. The largest absolute Gasteiger partial charge is 0.497 e. The molecule has 8 nitrogen and oxygen atoms in total. The first-order chi connectivity index (χ1) is 18.3. The molecule has 2 atom stereocenters. The van der Waals surface area contributed by atoms with E-state index in [-0.39, 0.29) is 17.9 Å². The second kappa shape index (κ2) is 14.3. The summed E-state index contributed by atoms with van der Waals surface area (Å²) in [5.41, 5.74) is 2.65. The van der Waals surface area contributed by atoms with Gasteiger partial charge in [-0.25, -0.2) is 4.79 Å². The van der Waals surface area contributed by atoms with E-state index in [2.05, 4.69) is 10.6 Å². The molecule has 39 heavy (non-hydrogen) atoms. The van der Waals surface area contributed by atoms with Crippen molar-refractivity contribution < 1.29 is 23.9 Å². The highest BCUT2D eigenvalue weighted by Gasteiger charge is 2.38. The molecule has 0 bridgehead atoms. The Labute approximate surface area is 237 Å². The average Bonchev–Trinajstić information content (AvgIpc) is 2.85. The van der Waals surface area contributed by atoms with Gasteiger partial charge in [0.2, 0.25) is 5.91 Å². The van der Waals surface area contributed by atoms with Gasteiger partial charge >= 0.3 is 6.09 Å². The first-order valence-electron chi connectivity index (χ1n) is 13.1. The predicted octanol–water partition coefficient (Wildman–Crippen LogP) is 5.88. The first kappa shape index (κ1) is 32.0. The van der Waals surface area contributed by atoms with Gasteiger partial charge in [0.05, 0.1) is 7.11 Å². The molecule has 9 heteroatoms. The zero-order valence-corrected chi connectivity index (χ0v) is 25.4. The maximum atomic E-state index is 14.1. The van der Waals surface area contributed by atoms with Crippen LogP contribution in [0.2, 0.25) is 0 Å². The Kier molecular flexibility index (Phi) is 11.7. The number of methoxy groups -OCH3 is 1. The van der Waals surface area contributed by atoms with Crippen molar-refractivity contribution in [3.05, 3.63) is 59.2 Å². The van der Waals surface area contributed by atoms with Crippen molar-refractivity contribution in [3.63, 3.8) is 0 Å². The van der Waals surface area contributed by atoms with Crippen LogP contribution in [0.3, 0.4) is 0 Å². The van der Waals surface area contributed by atoms with Gasteiger partial charge in [-0.15, -0.1) is 0 Å². The fourth-order valence-corrected chi connectivity index (χ4v) is 4.53. The average molecular weight is 558 g/mol. The molecule has 0 saturated heterocycles. The van der Waals surface area contributed by atoms with Gasteiger partial charge in [0.1, 0.15) is 23.4 Å². The minimum atomic E-state index is -0.934. The summed E-state index contributed by atoms with van der Waals surface area (Å²) in [4.78, 5) is 42.3. The number of carbonyl (C=O) groups excluding carboxylic acids is 3. The van der Waals surface area contributed by atoms with E-state index >= 15 is 0 Å². The van der Waals surface area contributed by atoms with Crippen LogP contribution in [0.1, 0.15) is 63.8 Å². The fraction of sp³-hybridized carbons (Fsp3) is 0.500. The Balaban J connectivity index is 2.52. The van der Waals surface area contributed by atoms with E-state index in [0.29, 0.717) is 29.2 Å². The molecule has 2 aromatic carbocycles. The number of thioether (sulfide) groups is 1. The number of nitrogens with zero attached hydrogens (tertiary/aromatic N) is 1. The summed E-state index contributed by atoms with van der Waals surface area (Å²) in [5, 5.41) is 5.73. The molecule has 0 radical (unpaired) electrons. The van der Waals surface area contributed by atoms with Gasteiger partial charge in [0.15, 0.2) is 0 Å². The van der Waals surface area contributed by atoms with E-state index in [9.17, 15) is 14.4 Å². The number of benzene rings is 2. The molecule has 0 aliphatic carbocycles. The summed E-state index contributed by atoms with van der Waals surface area (Å²) in [6, 6.07) is 10.6. The van der Waals surface area contributed by atoms with Crippen molar-refractivity contribution in [1.29, 1.82) is 0 Å². The topological polar surface area (TPSA) is 97.0 Å². The molecule has 0 fully saturated rings. The van der Waals surface area contributed by atoms with Crippen molar-refractivity contribution in [3.8, 4) is 5.75 Å². The van der Waals surface area contributed by atoms with E-state index in [1.54, 1.807) is 68.8 Å². The number of hydrogen-bond acceptors (Lipinski definition) is 6. The summed E-state index contributed by atoms with van der Waals surface area (Å²) < 4.78 is 10.7. The maximum Gasteiger partial charge on any atom is 0.408 e. The van der Waals surface area contributed by atoms with E-state index in [4.69, 9.17) is 9.47 Å². The second-order valence-electron chi connectivity index (χ2n) is 10.8. The van der Waals surface area contributed by atoms with Gasteiger partial charge in [-0.2, -0.15) is 11.8 Å². The van der Waals surface area contributed by atoms with Crippen LogP contribution in [0.5, 0.6) is 5.75 Å². The molecule has 0 saturated carbocycles. The lowest BCUT2D eigenvalue weighted by Gasteiger charge is -2.37. The molecule has 2 aromatic rings. The summed E-state index contributed by atoms with van der Waals surface area (Å²) >= 11 is 1.57. The number of hydrogen-bond donors (Lipinski definition) is 2. The second-order valence-corrected chi connectivity index (χ2v) is 11.8. The number of alkyl carbamates (subject to hydrolysis) is 1. The number of nitrogens with one attached hydrogen (secondary N) is 2. The van der Waals surface area contributed by atoms with Crippen molar-refractivity contribution in [1.82, 2.24) is 10.2 Å². The van der Waals surface area contributed by atoms with Gasteiger partial charge in [-0.05, 0) is 108 Å². The molecule has 2 rings (SSSR count). The van der Waals surface area contributed by atoms with Gasteiger partial charge in [-0.1, -0.05) is 18.2 Å². The number of anilines is 1. The number of carbonyl (C=O) groups is 3. The Hall–Kier alpha value is -3.20. The van der Waals surface area contributed by atoms with E-state index in [0.717, 1.165) is 11.1 Å². The molecular formula is C30H43N3O5S. The van der Waals surface area contributed by atoms with Crippen LogP contribution >= 0.6 is 11.8 Å². The number of rotatable bonds is 11. The number of amides is 3. The molecule has 0 heterocycles. The molecule has 214 valence electrons. The molecular weight excluding hydrogens is 514 g/mol. The number of aryl methyl sites for hydroxylation is 2. The van der Waals surface area contributed by atoms with Crippen LogP contribution < -0.4 is 15.4 Å². The van der Waals surface area contributed by atoms with E-state index in [1.165, 1.54) is 0 Å². The molecule has 3 amide bonds. The summed E-state index contributed by atoms with van der Waals surface area (Å²) in [7, 11) is 1.58. The summed E-state index contributed by atoms with van der Waals surface area (Å²) in [6.07, 6.45) is 1.66. The van der Waals surface area contributed by atoms with Gasteiger partial charge < -0.3 is 25.0 Å². The lowest BCUT2D eigenvalue weighted by molar-refractivity contribution is -0.143. The van der Waals surface area contributed by atoms with Crippen LogP contribution in [-0.4, -0.2) is 59.6 Å².